The molecule has 1 aromatic heterocycles. The summed E-state index contributed by atoms with van der Waals surface area (Å²) >= 11 is 0. The van der Waals surface area contributed by atoms with Crippen molar-refractivity contribution in [3.05, 3.63) is 47.7 Å². The van der Waals surface area contributed by atoms with Crippen molar-refractivity contribution in [2.75, 3.05) is 7.11 Å². The van der Waals surface area contributed by atoms with Crippen molar-refractivity contribution in [1.29, 1.82) is 0 Å². The molecule has 20 heavy (non-hydrogen) atoms. The number of benzene rings is 1. The Morgan fingerprint density at radius 2 is 2.20 bits per heavy atom. The minimum Gasteiger partial charge on any atom is -0.466 e. The van der Waals surface area contributed by atoms with Gasteiger partial charge >= 0.3 is 5.97 Å². The highest BCUT2D eigenvalue weighted by Crippen LogP contribution is 2.40. The van der Waals surface area contributed by atoms with Gasteiger partial charge in [-0.25, -0.2) is 4.79 Å². The molecule has 1 heterocycles. The van der Waals surface area contributed by atoms with Crippen LogP contribution in [0.15, 0.2) is 42.1 Å². The van der Waals surface area contributed by atoms with Crippen molar-refractivity contribution in [2.24, 2.45) is 0 Å². The molecule has 1 unspecified atom stereocenters. The molecule has 0 aliphatic heterocycles. The van der Waals surface area contributed by atoms with E-state index in [-0.39, 0.29) is 0 Å². The standard InChI is InChI=1S/C16H17NO3/c1-20-15(18)16(19,11-6-2-3-7-11)13-10-17-14-9-5-4-8-12(13)14/h4-6,8-10,17,19H,2-3,7H2,1H3. The van der Waals surface area contributed by atoms with Crippen LogP contribution in [0.3, 0.4) is 0 Å². The molecule has 0 bridgehead atoms. The van der Waals surface area contributed by atoms with E-state index in [1.165, 1.54) is 7.11 Å². The highest BCUT2D eigenvalue weighted by Gasteiger charge is 2.45. The predicted octanol–water partition coefficient (Wildman–Crippen LogP) is 2.64. The fraction of sp³-hybridized carbons (Fsp3) is 0.312. The third-order valence-electron chi connectivity index (χ3n) is 3.97. The van der Waals surface area contributed by atoms with Gasteiger partial charge in [0.25, 0.3) is 0 Å². The Balaban J connectivity index is 2.21. The molecule has 0 fully saturated rings. The number of hydrogen-bond acceptors (Lipinski definition) is 3. The quantitative estimate of drug-likeness (QED) is 0.666. The van der Waals surface area contributed by atoms with Crippen LogP contribution in [0.25, 0.3) is 10.9 Å². The van der Waals surface area contributed by atoms with Crippen molar-refractivity contribution in [3.63, 3.8) is 0 Å². The number of fused-ring (bicyclic) bond motifs is 1. The second-order valence-corrected chi connectivity index (χ2v) is 5.07. The SMILES string of the molecule is COC(=O)C(O)(C1=CCCC1)c1c[nH]c2ccccc12. The molecule has 0 spiro atoms. The number of rotatable bonds is 3. The van der Waals surface area contributed by atoms with Gasteiger partial charge in [-0.2, -0.15) is 0 Å². The summed E-state index contributed by atoms with van der Waals surface area (Å²) in [6.45, 7) is 0. The van der Waals surface area contributed by atoms with Crippen molar-refractivity contribution >= 4 is 16.9 Å². The molecule has 104 valence electrons. The lowest BCUT2D eigenvalue weighted by atomic mass is 9.85. The van der Waals surface area contributed by atoms with Gasteiger partial charge in [0, 0.05) is 22.7 Å². The Morgan fingerprint density at radius 3 is 2.90 bits per heavy atom. The van der Waals surface area contributed by atoms with Gasteiger partial charge < -0.3 is 14.8 Å². The average molecular weight is 271 g/mol. The normalized spacial score (nSPS) is 17.8. The summed E-state index contributed by atoms with van der Waals surface area (Å²) in [6.07, 6.45) is 6.19. The van der Waals surface area contributed by atoms with Crippen LogP contribution >= 0.6 is 0 Å². The van der Waals surface area contributed by atoms with Crippen molar-refractivity contribution < 1.29 is 14.6 Å². The summed E-state index contributed by atoms with van der Waals surface area (Å²) in [5, 5.41) is 11.9. The molecule has 1 atom stereocenters. The van der Waals surface area contributed by atoms with Crippen molar-refractivity contribution in [1.82, 2.24) is 4.98 Å². The van der Waals surface area contributed by atoms with Crippen LogP contribution < -0.4 is 0 Å². The summed E-state index contributed by atoms with van der Waals surface area (Å²) < 4.78 is 4.86. The molecule has 1 aromatic carbocycles. The van der Waals surface area contributed by atoms with Crippen LogP contribution in [0.1, 0.15) is 24.8 Å². The summed E-state index contributed by atoms with van der Waals surface area (Å²) in [6, 6.07) is 7.61. The van der Waals surface area contributed by atoms with Gasteiger partial charge in [0.2, 0.25) is 5.60 Å². The van der Waals surface area contributed by atoms with Crippen LogP contribution in [0.4, 0.5) is 0 Å². The zero-order chi connectivity index (χ0) is 14.2. The summed E-state index contributed by atoms with van der Waals surface area (Å²) in [5.41, 5.74) is 0.496. The van der Waals surface area contributed by atoms with Crippen molar-refractivity contribution in [2.45, 2.75) is 24.9 Å². The van der Waals surface area contributed by atoms with Crippen LogP contribution in [-0.2, 0) is 15.1 Å². The maximum absolute atomic E-state index is 12.2. The van der Waals surface area contributed by atoms with E-state index in [9.17, 15) is 9.90 Å². The largest absolute Gasteiger partial charge is 0.466 e. The molecule has 1 aliphatic carbocycles. The number of nitrogens with one attached hydrogen (secondary N) is 1. The van der Waals surface area contributed by atoms with E-state index in [0.29, 0.717) is 12.0 Å². The first-order valence-electron chi connectivity index (χ1n) is 6.75. The fourth-order valence-corrected chi connectivity index (χ4v) is 2.93. The number of esters is 1. The van der Waals surface area contributed by atoms with Gasteiger partial charge in [0.05, 0.1) is 7.11 Å². The van der Waals surface area contributed by atoms with E-state index in [1.807, 2.05) is 30.3 Å². The van der Waals surface area contributed by atoms with Gasteiger partial charge in [-0.05, 0) is 30.9 Å². The van der Waals surface area contributed by atoms with E-state index in [4.69, 9.17) is 4.74 Å². The lowest BCUT2D eigenvalue weighted by Crippen LogP contribution is -2.38. The fourth-order valence-electron chi connectivity index (χ4n) is 2.93. The van der Waals surface area contributed by atoms with E-state index < -0.39 is 11.6 Å². The number of carbonyl (C=O) groups is 1. The lowest BCUT2D eigenvalue weighted by molar-refractivity contribution is -0.159. The summed E-state index contributed by atoms with van der Waals surface area (Å²) in [7, 11) is 1.30. The number of carbonyl (C=O) groups excluding carboxylic acids is 1. The first-order valence-corrected chi connectivity index (χ1v) is 6.75. The van der Waals surface area contributed by atoms with Gasteiger partial charge in [-0.3, -0.25) is 0 Å². The Bertz CT molecular complexity index is 686. The molecule has 0 radical (unpaired) electrons. The molecule has 0 amide bonds. The van der Waals surface area contributed by atoms with Gasteiger partial charge in [0.15, 0.2) is 0 Å². The zero-order valence-corrected chi connectivity index (χ0v) is 11.3. The summed E-state index contributed by atoms with van der Waals surface area (Å²) in [5.74, 6) is -0.629. The first-order chi connectivity index (χ1) is 9.67. The molecule has 2 aromatic rings. The maximum atomic E-state index is 12.2. The maximum Gasteiger partial charge on any atom is 0.347 e. The number of aromatic amines is 1. The topological polar surface area (TPSA) is 62.3 Å². The van der Waals surface area contributed by atoms with Gasteiger partial charge in [-0.15, -0.1) is 0 Å². The van der Waals surface area contributed by atoms with Crippen LogP contribution in [-0.4, -0.2) is 23.2 Å². The number of aliphatic hydroxyl groups is 1. The molecule has 0 saturated heterocycles. The first kappa shape index (κ1) is 12.9. The van der Waals surface area contributed by atoms with E-state index in [2.05, 4.69) is 4.98 Å². The van der Waals surface area contributed by atoms with Crippen LogP contribution in [0.2, 0.25) is 0 Å². The van der Waals surface area contributed by atoms with Gasteiger partial charge in [-0.1, -0.05) is 24.3 Å². The Kier molecular flexibility index (Phi) is 3.10. The zero-order valence-electron chi connectivity index (χ0n) is 11.3. The molecule has 4 heteroatoms. The number of para-hydroxylation sites is 1. The Morgan fingerprint density at radius 1 is 1.40 bits per heavy atom. The van der Waals surface area contributed by atoms with Crippen LogP contribution in [0, 0.1) is 0 Å². The van der Waals surface area contributed by atoms with Crippen molar-refractivity contribution in [3.8, 4) is 0 Å². The minimum absolute atomic E-state index is 0.563. The van der Waals surface area contributed by atoms with E-state index in [0.717, 1.165) is 29.3 Å². The Hall–Kier alpha value is -2.07. The highest BCUT2D eigenvalue weighted by atomic mass is 16.5. The second-order valence-electron chi connectivity index (χ2n) is 5.07. The molecule has 4 nitrogen and oxygen atoms in total. The molecule has 2 N–H and O–H groups in total. The molecular formula is C16H17NO3. The summed E-state index contributed by atoms with van der Waals surface area (Å²) in [4.78, 5) is 15.3. The molecular weight excluding hydrogens is 254 g/mol. The predicted molar refractivity (Wildman–Crippen MR) is 76.1 cm³/mol. The number of ether oxygens (including phenoxy) is 1. The van der Waals surface area contributed by atoms with Crippen LogP contribution in [0.5, 0.6) is 0 Å². The molecule has 3 rings (SSSR count). The lowest BCUT2D eigenvalue weighted by Gasteiger charge is -2.26. The molecule has 1 aliphatic rings. The minimum atomic E-state index is -1.69. The third kappa shape index (κ3) is 1.76. The van der Waals surface area contributed by atoms with Gasteiger partial charge in [0.1, 0.15) is 0 Å². The number of hydrogen-bond donors (Lipinski definition) is 2. The number of H-pyrrole nitrogens is 1. The van der Waals surface area contributed by atoms with E-state index >= 15 is 0 Å². The second kappa shape index (κ2) is 4.80. The third-order valence-corrected chi connectivity index (χ3v) is 3.97. The smallest absolute Gasteiger partial charge is 0.347 e. The number of aromatic nitrogens is 1. The highest BCUT2D eigenvalue weighted by molar-refractivity contribution is 5.94. The van der Waals surface area contributed by atoms with E-state index in [1.54, 1.807) is 6.20 Å². The monoisotopic (exact) mass is 271 g/mol. The number of allylic oxidation sites excluding steroid dienone is 1. The Labute approximate surface area is 117 Å². The average Bonchev–Trinajstić information content (AvgIpc) is 3.15. The number of methoxy groups -OCH3 is 1. The molecule has 0 saturated carbocycles.